The van der Waals surface area contributed by atoms with E-state index in [1.54, 1.807) is 6.92 Å². The van der Waals surface area contributed by atoms with Crippen LogP contribution >= 0.6 is 0 Å². The number of hydrogen-bond acceptors (Lipinski definition) is 5. The van der Waals surface area contributed by atoms with Crippen LogP contribution in [0.5, 0.6) is 11.5 Å². The Labute approximate surface area is 132 Å². The van der Waals surface area contributed by atoms with Crippen molar-refractivity contribution < 1.29 is 24.6 Å². The van der Waals surface area contributed by atoms with Crippen LogP contribution < -0.4 is 0 Å². The molecule has 0 amide bonds. The van der Waals surface area contributed by atoms with Gasteiger partial charge in [-0.2, -0.15) is 0 Å². The van der Waals surface area contributed by atoms with Crippen LogP contribution in [0, 0.1) is 6.92 Å². The number of carbonyl (C=O) groups is 3. The molecule has 0 aliphatic heterocycles. The maximum Gasteiger partial charge on any atom is 0.198 e. The fourth-order valence-electron chi connectivity index (χ4n) is 3.04. The van der Waals surface area contributed by atoms with E-state index >= 15 is 0 Å². The van der Waals surface area contributed by atoms with Crippen molar-refractivity contribution in [3.05, 3.63) is 57.6 Å². The molecule has 0 radical (unpaired) electrons. The zero-order chi connectivity index (χ0) is 16.9. The predicted octanol–water partition coefficient (Wildman–Crippen LogP) is 2.77. The van der Waals surface area contributed by atoms with Crippen molar-refractivity contribution in [3.63, 3.8) is 0 Å². The molecule has 0 fully saturated rings. The van der Waals surface area contributed by atoms with Crippen LogP contribution in [0.2, 0.25) is 0 Å². The minimum absolute atomic E-state index is 0.0475. The van der Waals surface area contributed by atoms with Crippen LogP contribution in [0.15, 0.2) is 24.3 Å². The van der Waals surface area contributed by atoms with Gasteiger partial charge in [-0.1, -0.05) is 19.1 Å². The summed E-state index contributed by atoms with van der Waals surface area (Å²) in [4.78, 5) is 37.4. The average molecular weight is 310 g/mol. The van der Waals surface area contributed by atoms with Crippen molar-refractivity contribution in [1.29, 1.82) is 0 Å². The predicted molar refractivity (Wildman–Crippen MR) is 82.4 cm³/mol. The van der Waals surface area contributed by atoms with Crippen molar-refractivity contribution in [1.82, 2.24) is 0 Å². The topological polar surface area (TPSA) is 91.7 Å². The molecule has 1 aliphatic rings. The minimum Gasteiger partial charge on any atom is -0.507 e. The molecular weight excluding hydrogens is 296 g/mol. The summed E-state index contributed by atoms with van der Waals surface area (Å²) in [5, 5.41) is 20.1. The van der Waals surface area contributed by atoms with E-state index in [2.05, 4.69) is 0 Å². The average Bonchev–Trinajstić information content (AvgIpc) is 2.51. The lowest BCUT2D eigenvalue weighted by Gasteiger charge is -2.22. The number of hydrogen-bond donors (Lipinski definition) is 2. The Hall–Kier alpha value is -2.95. The van der Waals surface area contributed by atoms with E-state index in [9.17, 15) is 24.6 Å². The van der Waals surface area contributed by atoms with Crippen LogP contribution in [-0.4, -0.2) is 27.6 Å². The first-order valence-corrected chi connectivity index (χ1v) is 7.19. The van der Waals surface area contributed by atoms with Gasteiger partial charge in [-0.15, -0.1) is 0 Å². The molecule has 2 aromatic rings. The van der Waals surface area contributed by atoms with Crippen molar-refractivity contribution in [2.45, 2.75) is 20.3 Å². The molecule has 5 heteroatoms. The van der Waals surface area contributed by atoms with E-state index in [0.29, 0.717) is 0 Å². The number of benzene rings is 2. The van der Waals surface area contributed by atoms with E-state index in [1.165, 1.54) is 31.2 Å². The number of rotatable bonds is 2. The molecule has 2 N–H and O–H groups in total. The summed E-state index contributed by atoms with van der Waals surface area (Å²) in [5.41, 5.74) is 0.462. The molecule has 0 unspecified atom stereocenters. The fraction of sp³-hybridized carbons (Fsp3) is 0.167. The highest BCUT2D eigenvalue weighted by Gasteiger charge is 2.35. The number of carbonyl (C=O) groups excluding carboxylic acids is 3. The molecule has 0 spiro atoms. The first-order valence-electron chi connectivity index (χ1n) is 7.19. The largest absolute Gasteiger partial charge is 0.507 e. The van der Waals surface area contributed by atoms with Crippen LogP contribution in [0.25, 0.3) is 0 Å². The Bertz CT molecular complexity index is 893. The molecule has 0 saturated carbocycles. The molecule has 116 valence electrons. The van der Waals surface area contributed by atoms with Crippen molar-refractivity contribution in [3.8, 4) is 11.5 Å². The van der Waals surface area contributed by atoms with E-state index < -0.39 is 11.6 Å². The Morgan fingerprint density at radius 2 is 1.70 bits per heavy atom. The van der Waals surface area contributed by atoms with Gasteiger partial charge in [0.15, 0.2) is 17.3 Å². The third kappa shape index (κ3) is 1.97. The van der Waals surface area contributed by atoms with Gasteiger partial charge in [-0.05, 0) is 24.6 Å². The quantitative estimate of drug-likeness (QED) is 0.710. The Morgan fingerprint density at radius 1 is 1.00 bits per heavy atom. The summed E-state index contributed by atoms with van der Waals surface area (Å²) in [6.07, 6.45) is 0.164. The Morgan fingerprint density at radius 3 is 2.35 bits per heavy atom. The number of fused-ring (bicyclic) bond motifs is 2. The third-order valence-corrected chi connectivity index (χ3v) is 4.14. The molecule has 0 bridgehead atoms. The lowest BCUT2D eigenvalue weighted by molar-refractivity contribution is 0.0970. The van der Waals surface area contributed by atoms with Crippen molar-refractivity contribution in [2.24, 2.45) is 0 Å². The number of aromatic hydroxyl groups is 2. The lowest BCUT2D eigenvalue weighted by Crippen LogP contribution is -2.23. The molecule has 1 aliphatic carbocycles. The summed E-state index contributed by atoms with van der Waals surface area (Å²) >= 11 is 0. The number of Topliss-reactive ketones (excluding diaryl/α,β-unsaturated/α-hetero) is 1. The SMILES string of the molecule is CCC(=O)c1c(O)cc2c(c1C)C(=O)c1c(O)cccc1C2=O. The van der Waals surface area contributed by atoms with Gasteiger partial charge in [0.25, 0.3) is 0 Å². The maximum atomic E-state index is 12.8. The molecule has 0 saturated heterocycles. The molecule has 0 aromatic heterocycles. The smallest absolute Gasteiger partial charge is 0.198 e. The lowest BCUT2D eigenvalue weighted by atomic mass is 9.79. The van der Waals surface area contributed by atoms with Gasteiger partial charge in [0.2, 0.25) is 0 Å². The normalized spacial score (nSPS) is 12.8. The summed E-state index contributed by atoms with van der Waals surface area (Å²) < 4.78 is 0. The first-order chi connectivity index (χ1) is 10.9. The van der Waals surface area contributed by atoms with E-state index in [1.807, 2.05) is 0 Å². The monoisotopic (exact) mass is 310 g/mol. The van der Waals surface area contributed by atoms with Gasteiger partial charge >= 0.3 is 0 Å². The highest BCUT2D eigenvalue weighted by Crippen LogP contribution is 2.38. The standard InChI is InChI=1S/C18H14O5/c1-3-11(19)15-8(2)14-10(7-13(15)21)17(22)9-5-4-6-12(20)16(9)18(14)23/h4-7,20-21H,3H2,1-2H3. The zero-order valence-electron chi connectivity index (χ0n) is 12.6. The summed E-state index contributed by atoms with van der Waals surface area (Å²) in [7, 11) is 0. The van der Waals surface area contributed by atoms with Gasteiger partial charge in [-0.25, -0.2) is 0 Å². The van der Waals surface area contributed by atoms with E-state index in [-0.39, 0.29) is 57.1 Å². The Balaban J connectivity index is 2.37. The number of phenols is 2. The highest BCUT2D eigenvalue weighted by atomic mass is 16.3. The van der Waals surface area contributed by atoms with Crippen LogP contribution in [-0.2, 0) is 0 Å². The van der Waals surface area contributed by atoms with Gasteiger partial charge in [0, 0.05) is 23.1 Å². The van der Waals surface area contributed by atoms with Gasteiger partial charge in [-0.3, -0.25) is 14.4 Å². The van der Waals surface area contributed by atoms with Gasteiger partial charge in [0.1, 0.15) is 11.5 Å². The van der Waals surface area contributed by atoms with Gasteiger partial charge in [0.05, 0.1) is 11.1 Å². The highest BCUT2D eigenvalue weighted by molar-refractivity contribution is 6.30. The second-order valence-electron chi connectivity index (χ2n) is 5.45. The van der Waals surface area contributed by atoms with Crippen molar-refractivity contribution >= 4 is 17.3 Å². The Kier molecular flexibility index (Phi) is 3.29. The molecule has 0 heterocycles. The molecule has 23 heavy (non-hydrogen) atoms. The van der Waals surface area contributed by atoms with Crippen molar-refractivity contribution in [2.75, 3.05) is 0 Å². The maximum absolute atomic E-state index is 12.8. The third-order valence-electron chi connectivity index (χ3n) is 4.14. The van der Waals surface area contributed by atoms with Crippen LogP contribution in [0.4, 0.5) is 0 Å². The number of phenolic OH excluding ortho intramolecular Hbond substituents is 2. The van der Waals surface area contributed by atoms with Crippen LogP contribution in [0.1, 0.15) is 61.1 Å². The first kappa shape index (κ1) is 15.0. The van der Waals surface area contributed by atoms with E-state index in [0.717, 1.165) is 0 Å². The second kappa shape index (κ2) is 5.05. The van der Waals surface area contributed by atoms with E-state index in [4.69, 9.17) is 0 Å². The molecule has 3 rings (SSSR count). The van der Waals surface area contributed by atoms with Crippen LogP contribution in [0.3, 0.4) is 0 Å². The summed E-state index contributed by atoms with van der Waals surface area (Å²) in [5.74, 6) is -1.87. The fourth-order valence-corrected chi connectivity index (χ4v) is 3.04. The van der Waals surface area contributed by atoms with Gasteiger partial charge < -0.3 is 10.2 Å². The second-order valence-corrected chi connectivity index (χ2v) is 5.45. The zero-order valence-corrected chi connectivity index (χ0v) is 12.6. The number of ketones is 3. The summed E-state index contributed by atoms with van der Waals surface area (Å²) in [6.45, 7) is 3.17. The molecule has 2 aromatic carbocycles. The minimum atomic E-state index is -0.518. The molecular formula is C18H14O5. The molecule has 0 atom stereocenters. The summed E-state index contributed by atoms with van der Waals surface area (Å²) in [6, 6.07) is 5.43. The molecule has 5 nitrogen and oxygen atoms in total.